The van der Waals surface area contributed by atoms with Gasteiger partial charge in [0.2, 0.25) is 5.95 Å². The molecule has 1 atom stereocenters. The van der Waals surface area contributed by atoms with Crippen LogP contribution in [0.15, 0.2) is 60.8 Å². The van der Waals surface area contributed by atoms with Crippen molar-refractivity contribution < 1.29 is 5.11 Å². The highest BCUT2D eigenvalue weighted by Crippen LogP contribution is 2.23. The summed E-state index contributed by atoms with van der Waals surface area (Å²) in [6, 6.07) is 17.5. The molecule has 5 nitrogen and oxygen atoms in total. The van der Waals surface area contributed by atoms with Gasteiger partial charge in [0.1, 0.15) is 5.69 Å². The first-order chi connectivity index (χ1) is 14.6. The van der Waals surface area contributed by atoms with Crippen LogP contribution in [0.1, 0.15) is 17.7 Å². The van der Waals surface area contributed by atoms with Crippen LogP contribution < -0.4 is 4.90 Å². The Morgan fingerprint density at radius 1 is 1.03 bits per heavy atom. The molecule has 3 heterocycles. The summed E-state index contributed by atoms with van der Waals surface area (Å²) in [5.74, 6) is 7.09. The third-order valence-electron chi connectivity index (χ3n) is 5.21. The van der Waals surface area contributed by atoms with Gasteiger partial charge in [-0.15, -0.1) is 0 Å². The maximum absolute atomic E-state index is 9.74. The first-order valence-electron chi connectivity index (χ1n) is 9.81. The van der Waals surface area contributed by atoms with E-state index in [1.165, 1.54) is 0 Å². The standard InChI is InChI=1S/C24H19ClN4O/c25-19-6-3-17(4-7-19)18-5-9-20(26-14-18)8-1-16-2-10-22-23(13-16)28-24(27-22)29-12-11-21(30)15-29/h2-7,9-10,13-14,21,30H,11-12,15H2,(H,27,28). The Labute approximate surface area is 179 Å². The zero-order valence-electron chi connectivity index (χ0n) is 16.1. The van der Waals surface area contributed by atoms with Gasteiger partial charge in [0.25, 0.3) is 0 Å². The van der Waals surface area contributed by atoms with Crippen molar-refractivity contribution in [2.75, 3.05) is 18.0 Å². The van der Waals surface area contributed by atoms with Gasteiger partial charge in [0.15, 0.2) is 0 Å². The van der Waals surface area contributed by atoms with E-state index in [4.69, 9.17) is 11.6 Å². The molecule has 0 saturated carbocycles. The lowest BCUT2D eigenvalue weighted by Gasteiger charge is -2.12. The Morgan fingerprint density at radius 2 is 1.87 bits per heavy atom. The SMILES string of the molecule is OC1CCN(c2nc3ccc(C#Cc4ccc(-c5ccc(Cl)cc5)cn4)cc3[nH]2)C1. The monoisotopic (exact) mass is 414 g/mol. The Kier molecular flexibility index (Phi) is 4.88. The van der Waals surface area contributed by atoms with E-state index in [0.29, 0.717) is 17.3 Å². The van der Waals surface area contributed by atoms with Crippen molar-refractivity contribution >= 4 is 28.6 Å². The molecule has 2 aromatic carbocycles. The van der Waals surface area contributed by atoms with Crippen LogP contribution in [-0.2, 0) is 0 Å². The molecule has 0 spiro atoms. The van der Waals surface area contributed by atoms with Crippen molar-refractivity contribution in [2.45, 2.75) is 12.5 Å². The first kappa shape index (κ1) is 18.7. The van der Waals surface area contributed by atoms with Gasteiger partial charge < -0.3 is 15.0 Å². The molecule has 0 aliphatic carbocycles. The van der Waals surface area contributed by atoms with E-state index >= 15 is 0 Å². The lowest BCUT2D eigenvalue weighted by molar-refractivity contribution is 0.198. The Balaban J connectivity index is 1.35. The normalized spacial score (nSPS) is 15.9. The van der Waals surface area contributed by atoms with E-state index in [2.05, 4.69) is 31.7 Å². The molecule has 1 unspecified atom stereocenters. The smallest absolute Gasteiger partial charge is 0.203 e. The predicted molar refractivity (Wildman–Crippen MR) is 120 cm³/mol. The van der Waals surface area contributed by atoms with E-state index in [1.807, 2.05) is 60.8 Å². The molecule has 0 amide bonds. The van der Waals surface area contributed by atoms with Crippen LogP contribution in [-0.4, -0.2) is 39.3 Å². The number of hydrogen-bond donors (Lipinski definition) is 2. The van der Waals surface area contributed by atoms with Gasteiger partial charge in [0, 0.05) is 35.4 Å². The lowest BCUT2D eigenvalue weighted by Crippen LogP contribution is -2.22. The fourth-order valence-electron chi connectivity index (χ4n) is 3.57. The number of pyridine rings is 1. The highest BCUT2D eigenvalue weighted by atomic mass is 35.5. The molecular formula is C24H19ClN4O. The first-order valence-corrected chi connectivity index (χ1v) is 10.2. The second kappa shape index (κ2) is 7.83. The van der Waals surface area contributed by atoms with E-state index < -0.39 is 0 Å². The molecule has 0 radical (unpaired) electrons. The summed E-state index contributed by atoms with van der Waals surface area (Å²) in [6.07, 6.45) is 2.32. The van der Waals surface area contributed by atoms with Crippen LogP contribution in [0.25, 0.3) is 22.2 Å². The topological polar surface area (TPSA) is 65.0 Å². The van der Waals surface area contributed by atoms with Gasteiger partial charge >= 0.3 is 0 Å². The number of fused-ring (bicyclic) bond motifs is 1. The van der Waals surface area contributed by atoms with Gasteiger partial charge in [0.05, 0.1) is 17.1 Å². The highest BCUT2D eigenvalue weighted by Gasteiger charge is 2.22. The lowest BCUT2D eigenvalue weighted by atomic mass is 10.1. The number of anilines is 1. The number of β-amino-alcohol motifs (C(OH)–C–C–N with tert-alkyl or cyclic N) is 1. The number of benzene rings is 2. The third kappa shape index (κ3) is 3.88. The van der Waals surface area contributed by atoms with Crippen molar-refractivity contribution in [2.24, 2.45) is 0 Å². The average molecular weight is 415 g/mol. The summed E-state index contributed by atoms with van der Waals surface area (Å²) in [5.41, 5.74) is 5.52. The molecular weight excluding hydrogens is 396 g/mol. The van der Waals surface area contributed by atoms with E-state index in [1.54, 1.807) is 0 Å². The van der Waals surface area contributed by atoms with E-state index in [-0.39, 0.29) is 6.10 Å². The minimum absolute atomic E-state index is 0.279. The van der Waals surface area contributed by atoms with E-state index in [9.17, 15) is 5.11 Å². The minimum atomic E-state index is -0.279. The molecule has 0 bridgehead atoms. The summed E-state index contributed by atoms with van der Waals surface area (Å²) in [5, 5.41) is 10.5. The summed E-state index contributed by atoms with van der Waals surface area (Å²) >= 11 is 5.95. The van der Waals surface area contributed by atoms with Gasteiger partial charge in [-0.25, -0.2) is 9.97 Å². The Bertz CT molecular complexity index is 1250. The van der Waals surface area contributed by atoms with Crippen LogP contribution in [0.2, 0.25) is 5.02 Å². The fourth-order valence-corrected chi connectivity index (χ4v) is 3.70. The minimum Gasteiger partial charge on any atom is -0.391 e. The summed E-state index contributed by atoms with van der Waals surface area (Å²) in [6.45, 7) is 1.43. The number of aliphatic hydroxyl groups is 1. The molecule has 1 aliphatic rings. The largest absolute Gasteiger partial charge is 0.391 e. The molecule has 1 aliphatic heterocycles. The number of nitrogens with one attached hydrogen (secondary N) is 1. The summed E-state index contributed by atoms with van der Waals surface area (Å²) in [7, 11) is 0. The van der Waals surface area contributed by atoms with Crippen LogP contribution in [0.3, 0.4) is 0 Å². The second-order valence-corrected chi connectivity index (χ2v) is 7.81. The molecule has 1 saturated heterocycles. The zero-order valence-corrected chi connectivity index (χ0v) is 16.9. The molecule has 148 valence electrons. The predicted octanol–water partition coefficient (Wildman–Crippen LogP) is 4.25. The summed E-state index contributed by atoms with van der Waals surface area (Å²) in [4.78, 5) is 14.5. The van der Waals surface area contributed by atoms with Crippen LogP contribution in [0.5, 0.6) is 0 Å². The highest BCUT2D eigenvalue weighted by molar-refractivity contribution is 6.30. The van der Waals surface area contributed by atoms with Crippen molar-refractivity contribution in [1.29, 1.82) is 0 Å². The van der Waals surface area contributed by atoms with Gasteiger partial charge in [-0.1, -0.05) is 35.7 Å². The average Bonchev–Trinajstić information content (AvgIpc) is 3.39. The quantitative estimate of drug-likeness (QED) is 0.481. The van der Waals surface area contributed by atoms with Crippen molar-refractivity contribution in [3.63, 3.8) is 0 Å². The number of imidazole rings is 1. The zero-order chi connectivity index (χ0) is 20.5. The second-order valence-electron chi connectivity index (χ2n) is 7.37. The number of halogens is 1. The molecule has 2 aromatic heterocycles. The molecule has 2 N–H and O–H groups in total. The number of aromatic nitrogens is 3. The maximum atomic E-state index is 9.74. The number of aliphatic hydroxyl groups excluding tert-OH is 1. The summed E-state index contributed by atoms with van der Waals surface area (Å²) < 4.78 is 0. The molecule has 4 aromatic rings. The van der Waals surface area contributed by atoms with Crippen molar-refractivity contribution in [3.05, 3.63) is 77.1 Å². The maximum Gasteiger partial charge on any atom is 0.203 e. The van der Waals surface area contributed by atoms with Crippen LogP contribution >= 0.6 is 11.6 Å². The van der Waals surface area contributed by atoms with E-state index in [0.717, 1.165) is 46.6 Å². The van der Waals surface area contributed by atoms with Crippen molar-refractivity contribution in [3.8, 4) is 23.0 Å². The molecule has 5 rings (SSSR count). The molecule has 6 heteroatoms. The number of H-pyrrole nitrogens is 1. The number of aromatic amines is 1. The van der Waals surface area contributed by atoms with Crippen LogP contribution in [0.4, 0.5) is 5.95 Å². The van der Waals surface area contributed by atoms with Gasteiger partial charge in [-0.2, -0.15) is 0 Å². The van der Waals surface area contributed by atoms with Gasteiger partial charge in [-0.3, -0.25) is 0 Å². The number of hydrogen-bond acceptors (Lipinski definition) is 4. The van der Waals surface area contributed by atoms with Gasteiger partial charge in [-0.05, 0) is 54.3 Å². The fraction of sp³-hybridized carbons (Fsp3) is 0.167. The third-order valence-corrected chi connectivity index (χ3v) is 5.46. The molecule has 1 fully saturated rings. The Hall–Kier alpha value is -3.33. The van der Waals surface area contributed by atoms with Crippen LogP contribution in [0, 0.1) is 11.8 Å². The van der Waals surface area contributed by atoms with Crippen molar-refractivity contribution in [1.82, 2.24) is 15.0 Å². The molecule has 30 heavy (non-hydrogen) atoms. The number of rotatable bonds is 2. The number of nitrogens with zero attached hydrogens (tertiary/aromatic N) is 3. The Morgan fingerprint density at radius 3 is 2.60 bits per heavy atom.